The van der Waals surface area contributed by atoms with Crippen molar-refractivity contribution < 1.29 is 24.8 Å². The van der Waals surface area contributed by atoms with Gasteiger partial charge in [0.05, 0.1) is 13.7 Å². The predicted molar refractivity (Wildman–Crippen MR) is 55.5 cm³/mol. The van der Waals surface area contributed by atoms with E-state index in [1.807, 2.05) is 0 Å². The van der Waals surface area contributed by atoms with Gasteiger partial charge in [0.25, 0.3) is 0 Å². The summed E-state index contributed by atoms with van der Waals surface area (Å²) in [5, 5.41) is 44.1. The Kier molecular flexibility index (Phi) is 4.53. The van der Waals surface area contributed by atoms with Crippen LogP contribution in [0.15, 0.2) is 4.99 Å². The lowest BCUT2D eigenvalue weighted by Crippen LogP contribution is -2.52. The molecule has 1 heterocycles. The SMILES string of the molecule is COC(=N)C(C#N)=NC1OCC(O)C(O)C1O. The maximum atomic E-state index is 9.54. The molecule has 0 amide bonds. The van der Waals surface area contributed by atoms with Gasteiger partial charge in [-0.2, -0.15) is 5.26 Å². The average Bonchev–Trinajstić information content (AvgIpc) is 2.34. The van der Waals surface area contributed by atoms with Crippen LogP contribution in [0.3, 0.4) is 0 Å². The van der Waals surface area contributed by atoms with Crippen LogP contribution in [0.2, 0.25) is 0 Å². The second kappa shape index (κ2) is 5.70. The van der Waals surface area contributed by atoms with Crippen molar-refractivity contribution in [3.8, 4) is 6.07 Å². The molecule has 0 aliphatic carbocycles. The minimum absolute atomic E-state index is 0.217. The lowest BCUT2D eigenvalue weighted by molar-refractivity contribution is -0.183. The van der Waals surface area contributed by atoms with Crippen LogP contribution in [0.5, 0.6) is 0 Å². The highest BCUT2D eigenvalue weighted by atomic mass is 16.5. The zero-order valence-corrected chi connectivity index (χ0v) is 9.07. The molecule has 4 N–H and O–H groups in total. The number of nitrogens with zero attached hydrogens (tertiary/aromatic N) is 2. The van der Waals surface area contributed by atoms with Crippen LogP contribution in [0.1, 0.15) is 0 Å². The topological polar surface area (TPSA) is 139 Å². The van der Waals surface area contributed by atoms with E-state index in [9.17, 15) is 15.3 Å². The van der Waals surface area contributed by atoms with Crippen LogP contribution < -0.4 is 0 Å². The highest BCUT2D eigenvalue weighted by molar-refractivity contribution is 6.44. The van der Waals surface area contributed by atoms with Crippen molar-refractivity contribution in [3.63, 3.8) is 0 Å². The summed E-state index contributed by atoms with van der Waals surface area (Å²) >= 11 is 0. The van der Waals surface area contributed by atoms with E-state index in [2.05, 4.69) is 9.73 Å². The molecule has 0 aromatic heterocycles. The average molecular weight is 243 g/mol. The number of nitrogens with one attached hydrogen (secondary N) is 1. The Labute approximate surface area is 97.2 Å². The van der Waals surface area contributed by atoms with Crippen molar-refractivity contribution in [1.29, 1.82) is 10.7 Å². The minimum atomic E-state index is -1.47. The summed E-state index contributed by atoms with van der Waals surface area (Å²) in [5.41, 5.74) is -0.361. The predicted octanol–water partition coefficient (Wildman–Crippen LogP) is -1.99. The summed E-state index contributed by atoms with van der Waals surface area (Å²) in [5.74, 6) is -0.469. The third-order valence-electron chi connectivity index (χ3n) is 2.26. The molecule has 1 rings (SSSR count). The molecule has 8 heteroatoms. The Morgan fingerprint density at radius 2 is 2.12 bits per heavy atom. The fraction of sp³-hybridized carbons (Fsp3) is 0.667. The van der Waals surface area contributed by atoms with Gasteiger partial charge in [-0.1, -0.05) is 0 Å². The first kappa shape index (κ1) is 13.5. The molecule has 1 aliphatic heterocycles. The summed E-state index contributed by atoms with van der Waals surface area (Å²) in [6, 6.07) is 1.61. The van der Waals surface area contributed by atoms with Crippen molar-refractivity contribution in [2.75, 3.05) is 13.7 Å². The second-order valence-corrected chi connectivity index (χ2v) is 3.40. The van der Waals surface area contributed by atoms with Gasteiger partial charge in [0.1, 0.15) is 24.4 Å². The molecule has 1 saturated heterocycles. The quantitative estimate of drug-likeness (QED) is 0.327. The number of rotatable bonds is 2. The molecular weight excluding hydrogens is 230 g/mol. The van der Waals surface area contributed by atoms with Gasteiger partial charge in [0.15, 0.2) is 11.9 Å². The Balaban J connectivity index is 2.83. The fourth-order valence-corrected chi connectivity index (χ4v) is 1.27. The van der Waals surface area contributed by atoms with Gasteiger partial charge >= 0.3 is 0 Å². The Bertz CT molecular complexity index is 364. The maximum Gasteiger partial charge on any atom is 0.243 e. The van der Waals surface area contributed by atoms with Crippen LogP contribution in [0.4, 0.5) is 0 Å². The molecule has 4 unspecified atom stereocenters. The maximum absolute atomic E-state index is 9.54. The normalized spacial score (nSPS) is 33.9. The number of methoxy groups -OCH3 is 1. The molecule has 0 bridgehead atoms. The molecule has 8 nitrogen and oxygen atoms in total. The van der Waals surface area contributed by atoms with Crippen LogP contribution in [0, 0.1) is 16.7 Å². The van der Waals surface area contributed by atoms with Gasteiger partial charge in [-0.15, -0.1) is 0 Å². The van der Waals surface area contributed by atoms with E-state index in [-0.39, 0.29) is 12.3 Å². The highest BCUT2D eigenvalue weighted by Gasteiger charge is 2.37. The molecular formula is C9H13N3O5. The number of aliphatic hydroxyl groups excluding tert-OH is 3. The second-order valence-electron chi connectivity index (χ2n) is 3.40. The van der Waals surface area contributed by atoms with Crippen molar-refractivity contribution in [3.05, 3.63) is 0 Å². The van der Waals surface area contributed by atoms with E-state index < -0.39 is 30.4 Å². The van der Waals surface area contributed by atoms with Gasteiger partial charge < -0.3 is 24.8 Å². The summed E-state index contributed by atoms with van der Waals surface area (Å²) in [6.07, 6.45) is -5.29. The molecule has 94 valence electrons. The summed E-state index contributed by atoms with van der Waals surface area (Å²) in [4.78, 5) is 3.65. The number of hydrogen-bond donors (Lipinski definition) is 4. The van der Waals surface area contributed by atoms with E-state index in [4.69, 9.17) is 15.4 Å². The van der Waals surface area contributed by atoms with Gasteiger partial charge in [-0.05, 0) is 0 Å². The Hall–Kier alpha value is -1.53. The lowest BCUT2D eigenvalue weighted by Gasteiger charge is -2.33. The van der Waals surface area contributed by atoms with E-state index in [0.29, 0.717) is 0 Å². The summed E-state index contributed by atoms with van der Waals surface area (Å²) in [7, 11) is 1.20. The van der Waals surface area contributed by atoms with E-state index in [1.165, 1.54) is 7.11 Å². The zero-order valence-electron chi connectivity index (χ0n) is 9.07. The Morgan fingerprint density at radius 1 is 1.47 bits per heavy atom. The number of hydrogen-bond acceptors (Lipinski definition) is 8. The van der Waals surface area contributed by atoms with Gasteiger partial charge in [0, 0.05) is 0 Å². The lowest BCUT2D eigenvalue weighted by atomic mass is 10.0. The molecule has 1 fully saturated rings. The first-order valence-corrected chi connectivity index (χ1v) is 4.78. The third kappa shape index (κ3) is 2.98. The molecule has 0 radical (unpaired) electrons. The van der Waals surface area contributed by atoms with E-state index in [1.54, 1.807) is 6.07 Å². The summed E-state index contributed by atoms with van der Waals surface area (Å²) in [6.45, 7) is -0.217. The largest absolute Gasteiger partial charge is 0.479 e. The minimum Gasteiger partial charge on any atom is -0.479 e. The van der Waals surface area contributed by atoms with Crippen LogP contribution >= 0.6 is 0 Å². The van der Waals surface area contributed by atoms with Crippen molar-refractivity contribution in [2.45, 2.75) is 24.5 Å². The number of aliphatic imine (C=N–C) groups is 1. The van der Waals surface area contributed by atoms with E-state index in [0.717, 1.165) is 0 Å². The molecule has 0 aromatic rings. The van der Waals surface area contributed by atoms with Gasteiger partial charge in [-0.3, -0.25) is 5.41 Å². The number of ether oxygens (including phenoxy) is 2. The van der Waals surface area contributed by atoms with Gasteiger partial charge in [-0.25, -0.2) is 4.99 Å². The van der Waals surface area contributed by atoms with Crippen LogP contribution in [-0.2, 0) is 9.47 Å². The molecule has 0 aromatic carbocycles. The Morgan fingerprint density at radius 3 is 2.65 bits per heavy atom. The van der Waals surface area contributed by atoms with Crippen LogP contribution in [0.25, 0.3) is 0 Å². The van der Waals surface area contributed by atoms with E-state index >= 15 is 0 Å². The van der Waals surface area contributed by atoms with Crippen LogP contribution in [-0.4, -0.2) is 65.2 Å². The monoisotopic (exact) mass is 243 g/mol. The standard InChI is InChI=1S/C9H13N3O5/c1-16-8(11)4(2-10)12-9-7(15)6(14)5(13)3-17-9/h5-7,9,11,13-15H,3H2,1H3. The number of aliphatic hydroxyl groups is 3. The fourth-order valence-electron chi connectivity index (χ4n) is 1.27. The first-order valence-electron chi connectivity index (χ1n) is 4.78. The molecule has 0 spiro atoms. The van der Waals surface area contributed by atoms with Crippen molar-refractivity contribution >= 4 is 11.6 Å². The molecule has 4 atom stereocenters. The molecule has 17 heavy (non-hydrogen) atoms. The smallest absolute Gasteiger partial charge is 0.243 e. The van der Waals surface area contributed by atoms with Crippen molar-refractivity contribution in [2.24, 2.45) is 4.99 Å². The molecule has 0 saturated carbocycles. The highest BCUT2D eigenvalue weighted by Crippen LogP contribution is 2.16. The summed E-state index contributed by atoms with van der Waals surface area (Å²) < 4.78 is 9.46. The third-order valence-corrected chi connectivity index (χ3v) is 2.26. The van der Waals surface area contributed by atoms with Gasteiger partial charge in [0.2, 0.25) is 5.90 Å². The number of nitriles is 1. The van der Waals surface area contributed by atoms with Crippen molar-refractivity contribution in [1.82, 2.24) is 0 Å². The molecule has 1 aliphatic rings. The zero-order chi connectivity index (χ0) is 13.0. The first-order chi connectivity index (χ1) is 8.01.